The van der Waals surface area contributed by atoms with Crippen molar-refractivity contribution in [2.75, 3.05) is 13.1 Å². The molecule has 0 radical (unpaired) electrons. The predicted octanol–water partition coefficient (Wildman–Crippen LogP) is 1.58. The molecule has 1 aliphatic rings. The predicted molar refractivity (Wildman–Crippen MR) is 47.5 cm³/mol. The maximum atomic E-state index is 12.2. The highest BCUT2D eigenvalue weighted by molar-refractivity contribution is 5.78. The Bertz CT molecular complexity index is 223. The zero-order chi connectivity index (χ0) is 10.8. The molecule has 0 bridgehead atoms. The van der Waals surface area contributed by atoms with E-state index in [1.165, 1.54) is 11.8 Å². The molecule has 1 heterocycles. The van der Waals surface area contributed by atoms with Crippen LogP contribution in [0.2, 0.25) is 0 Å². The normalized spacial score (nSPS) is 29.4. The average Bonchev–Trinajstić information content (AvgIpc) is 2.08. The van der Waals surface area contributed by atoms with Crippen molar-refractivity contribution in [2.45, 2.75) is 38.2 Å². The standard InChI is InChI=1S/C9H15F2NO2/c1-9(8(13)14)4-2-3-5-12(9)6-7(10)11/h7H,2-6H2,1H3,(H,13,14). The second kappa shape index (κ2) is 4.21. The van der Waals surface area contributed by atoms with Crippen LogP contribution in [0.3, 0.4) is 0 Å². The number of carboxylic acids is 1. The lowest BCUT2D eigenvalue weighted by molar-refractivity contribution is -0.154. The first-order chi connectivity index (χ1) is 6.47. The summed E-state index contributed by atoms with van der Waals surface area (Å²) in [6.07, 6.45) is -0.417. The van der Waals surface area contributed by atoms with E-state index in [1.807, 2.05) is 0 Å². The van der Waals surface area contributed by atoms with E-state index >= 15 is 0 Å². The third-order valence-corrected chi connectivity index (χ3v) is 2.86. The van der Waals surface area contributed by atoms with Crippen LogP contribution in [0.1, 0.15) is 26.2 Å². The molecule has 0 aromatic rings. The quantitative estimate of drug-likeness (QED) is 0.763. The van der Waals surface area contributed by atoms with Gasteiger partial charge >= 0.3 is 5.97 Å². The van der Waals surface area contributed by atoms with Crippen LogP contribution >= 0.6 is 0 Å². The van der Waals surface area contributed by atoms with Crippen LogP contribution in [-0.2, 0) is 4.79 Å². The van der Waals surface area contributed by atoms with Crippen LogP contribution in [-0.4, -0.2) is 41.0 Å². The zero-order valence-corrected chi connectivity index (χ0v) is 8.17. The lowest BCUT2D eigenvalue weighted by Crippen LogP contribution is -2.56. The molecule has 1 N–H and O–H groups in total. The van der Waals surface area contributed by atoms with E-state index < -0.39 is 24.5 Å². The lowest BCUT2D eigenvalue weighted by Gasteiger charge is -2.41. The third kappa shape index (κ3) is 2.20. The van der Waals surface area contributed by atoms with E-state index in [2.05, 4.69) is 0 Å². The van der Waals surface area contributed by atoms with Crippen LogP contribution in [0.25, 0.3) is 0 Å². The largest absolute Gasteiger partial charge is 0.480 e. The molecular formula is C9H15F2NO2. The van der Waals surface area contributed by atoms with Gasteiger partial charge in [0.05, 0.1) is 6.54 Å². The molecule has 1 unspecified atom stereocenters. The van der Waals surface area contributed by atoms with Crippen LogP contribution in [0, 0.1) is 0 Å². The summed E-state index contributed by atoms with van der Waals surface area (Å²) in [7, 11) is 0. The molecule has 0 amide bonds. The van der Waals surface area contributed by atoms with Crippen molar-refractivity contribution in [3.63, 3.8) is 0 Å². The van der Waals surface area contributed by atoms with E-state index in [0.717, 1.165) is 12.8 Å². The van der Waals surface area contributed by atoms with Gasteiger partial charge in [-0.3, -0.25) is 9.69 Å². The Hall–Kier alpha value is -0.710. The molecule has 0 aromatic heterocycles. The molecule has 14 heavy (non-hydrogen) atoms. The summed E-state index contributed by atoms with van der Waals surface area (Å²) < 4.78 is 24.4. The van der Waals surface area contributed by atoms with E-state index in [4.69, 9.17) is 5.11 Å². The number of piperidine rings is 1. The van der Waals surface area contributed by atoms with Crippen molar-refractivity contribution in [3.05, 3.63) is 0 Å². The number of hydrogen-bond donors (Lipinski definition) is 1. The van der Waals surface area contributed by atoms with Gasteiger partial charge in [-0.25, -0.2) is 8.78 Å². The molecule has 0 aliphatic carbocycles. The first kappa shape index (κ1) is 11.4. The smallest absolute Gasteiger partial charge is 0.323 e. The van der Waals surface area contributed by atoms with Crippen LogP contribution in [0.15, 0.2) is 0 Å². The van der Waals surface area contributed by atoms with E-state index in [-0.39, 0.29) is 0 Å². The Morgan fingerprint density at radius 3 is 2.71 bits per heavy atom. The van der Waals surface area contributed by atoms with Crippen LogP contribution in [0.4, 0.5) is 8.78 Å². The molecule has 3 nitrogen and oxygen atoms in total. The fourth-order valence-corrected chi connectivity index (χ4v) is 1.88. The molecule has 0 aromatic carbocycles. The van der Waals surface area contributed by atoms with Gasteiger partial charge in [0.25, 0.3) is 6.43 Å². The molecule has 82 valence electrons. The number of rotatable bonds is 3. The second-order valence-electron chi connectivity index (χ2n) is 3.87. The number of halogens is 2. The molecule has 0 saturated carbocycles. The second-order valence-corrected chi connectivity index (χ2v) is 3.87. The van der Waals surface area contributed by atoms with Gasteiger partial charge in [0.2, 0.25) is 0 Å². The van der Waals surface area contributed by atoms with Crippen molar-refractivity contribution >= 4 is 5.97 Å². The van der Waals surface area contributed by atoms with E-state index in [1.54, 1.807) is 0 Å². The minimum absolute atomic E-state index is 0.442. The highest BCUT2D eigenvalue weighted by Gasteiger charge is 2.41. The van der Waals surface area contributed by atoms with Crippen LogP contribution < -0.4 is 0 Å². The van der Waals surface area contributed by atoms with Gasteiger partial charge in [0.1, 0.15) is 5.54 Å². The number of carbonyl (C=O) groups is 1. The van der Waals surface area contributed by atoms with E-state index in [0.29, 0.717) is 13.0 Å². The highest BCUT2D eigenvalue weighted by Crippen LogP contribution is 2.28. The van der Waals surface area contributed by atoms with Gasteiger partial charge in [-0.1, -0.05) is 0 Å². The minimum atomic E-state index is -2.47. The van der Waals surface area contributed by atoms with Crippen LogP contribution in [0.5, 0.6) is 0 Å². The number of nitrogens with zero attached hydrogens (tertiary/aromatic N) is 1. The number of likely N-dealkylation sites (tertiary alicyclic amines) is 1. The Morgan fingerprint density at radius 1 is 1.57 bits per heavy atom. The summed E-state index contributed by atoms with van der Waals surface area (Å²) in [6, 6.07) is 0. The van der Waals surface area contributed by atoms with Crippen molar-refractivity contribution in [3.8, 4) is 0 Å². The minimum Gasteiger partial charge on any atom is -0.480 e. The third-order valence-electron chi connectivity index (χ3n) is 2.86. The zero-order valence-electron chi connectivity index (χ0n) is 8.17. The average molecular weight is 207 g/mol. The monoisotopic (exact) mass is 207 g/mol. The van der Waals surface area contributed by atoms with Gasteiger partial charge < -0.3 is 5.11 Å². The summed E-state index contributed by atoms with van der Waals surface area (Å²) in [5, 5.41) is 8.99. The Balaban J connectivity index is 2.72. The van der Waals surface area contributed by atoms with E-state index in [9.17, 15) is 13.6 Å². The highest BCUT2D eigenvalue weighted by atomic mass is 19.3. The summed E-state index contributed by atoms with van der Waals surface area (Å²) >= 11 is 0. The van der Waals surface area contributed by atoms with Gasteiger partial charge in [-0.2, -0.15) is 0 Å². The first-order valence-corrected chi connectivity index (χ1v) is 4.73. The SMILES string of the molecule is CC1(C(=O)O)CCCCN1CC(F)F. The van der Waals surface area contributed by atoms with Gasteiger partial charge in [-0.05, 0) is 32.7 Å². The number of carboxylic acid groups (broad SMARTS) is 1. The summed E-state index contributed by atoms with van der Waals surface area (Å²) in [5.74, 6) is -1.00. The molecule has 5 heteroatoms. The summed E-state index contributed by atoms with van der Waals surface area (Å²) in [5.41, 5.74) is -1.10. The summed E-state index contributed by atoms with van der Waals surface area (Å²) in [4.78, 5) is 12.4. The van der Waals surface area contributed by atoms with Crippen molar-refractivity contribution < 1.29 is 18.7 Å². The van der Waals surface area contributed by atoms with Crippen molar-refractivity contribution in [2.24, 2.45) is 0 Å². The van der Waals surface area contributed by atoms with Crippen molar-refractivity contribution in [1.82, 2.24) is 4.90 Å². The molecule has 1 atom stereocenters. The number of aliphatic carboxylic acids is 1. The van der Waals surface area contributed by atoms with Crippen molar-refractivity contribution in [1.29, 1.82) is 0 Å². The first-order valence-electron chi connectivity index (χ1n) is 4.73. The van der Waals surface area contributed by atoms with Gasteiger partial charge in [0, 0.05) is 0 Å². The molecule has 1 fully saturated rings. The molecule has 1 aliphatic heterocycles. The topological polar surface area (TPSA) is 40.5 Å². The Kier molecular flexibility index (Phi) is 3.42. The Morgan fingerprint density at radius 2 is 2.21 bits per heavy atom. The molecule has 1 rings (SSSR count). The lowest BCUT2D eigenvalue weighted by atomic mass is 9.88. The van der Waals surface area contributed by atoms with Gasteiger partial charge in [0.15, 0.2) is 0 Å². The molecule has 1 saturated heterocycles. The molecule has 0 spiro atoms. The maximum absolute atomic E-state index is 12.2. The summed E-state index contributed by atoms with van der Waals surface area (Å²) in [6.45, 7) is 1.53. The Labute approximate surface area is 81.7 Å². The number of hydrogen-bond acceptors (Lipinski definition) is 2. The number of alkyl halides is 2. The fraction of sp³-hybridized carbons (Fsp3) is 0.889. The molecular weight excluding hydrogens is 192 g/mol. The van der Waals surface area contributed by atoms with Gasteiger partial charge in [-0.15, -0.1) is 0 Å². The fourth-order valence-electron chi connectivity index (χ4n) is 1.88. The maximum Gasteiger partial charge on any atom is 0.323 e.